The standard InChI is InChI=1S/C12H19NO/c1-4-9-13(3)10(2)11-5-7-12(14)8-6-11/h5-8,10,14H,4,9H2,1-3H3. The molecule has 1 N–H and O–H groups in total. The highest BCUT2D eigenvalue weighted by Crippen LogP contribution is 2.20. The number of benzene rings is 1. The van der Waals surface area contributed by atoms with Crippen LogP contribution in [0.2, 0.25) is 0 Å². The highest BCUT2D eigenvalue weighted by molar-refractivity contribution is 5.27. The summed E-state index contributed by atoms with van der Waals surface area (Å²) in [6.45, 7) is 5.46. The Kier molecular flexibility index (Phi) is 3.96. The van der Waals surface area contributed by atoms with Gasteiger partial charge in [-0.25, -0.2) is 0 Å². The minimum absolute atomic E-state index is 0.332. The Bertz CT molecular complexity index is 268. The van der Waals surface area contributed by atoms with E-state index in [1.165, 1.54) is 12.0 Å². The van der Waals surface area contributed by atoms with Gasteiger partial charge in [0.15, 0.2) is 0 Å². The fourth-order valence-electron chi connectivity index (χ4n) is 1.55. The third-order valence-corrected chi connectivity index (χ3v) is 2.61. The lowest BCUT2D eigenvalue weighted by atomic mass is 10.1. The van der Waals surface area contributed by atoms with Crippen molar-refractivity contribution >= 4 is 0 Å². The van der Waals surface area contributed by atoms with Crippen LogP contribution in [0.4, 0.5) is 0 Å². The average molecular weight is 193 g/mol. The normalized spacial score (nSPS) is 13.1. The van der Waals surface area contributed by atoms with Crippen molar-refractivity contribution < 1.29 is 5.11 Å². The molecule has 0 spiro atoms. The smallest absolute Gasteiger partial charge is 0.115 e. The summed E-state index contributed by atoms with van der Waals surface area (Å²) >= 11 is 0. The van der Waals surface area contributed by atoms with Gasteiger partial charge in [0, 0.05) is 6.04 Å². The van der Waals surface area contributed by atoms with Crippen molar-refractivity contribution in [1.29, 1.82) is 0 Å². The maximum Gasteiger partial charge on any atom is 0.115 e. The molecule has 0 saturated heterocycles. The maximum absolute atomic E-state index is 9.17. The van der Waals surface area contributed by atoms with E-state index in [1.54, 1.807) is 12.1 Å². The van der Waals surface area contributed by atoms with Crippen molar-refractivity contribution in [2.45, 2.75) is 26.3 Å². The molecule has 1 rings (SSSR count). The van der Waals surface area contributed by atoms with Gasteiger partial charge in [0.1, 0.15) is 5.75 Å². The van der Waals surface area contributed by atoms with Crippen LogP contribution in [0, 0.1) is 0 Å². The Morgan fingerprint density at radius 3 is 2.36 bits per heavy atom. The van der Waals surface area contributed by atoms with E-state index in [9.17, 15) is 0 Å². The van der Waals surface area contributed by atoms with Crippen LogP contribution in [0.1, 0.15) is 31.9 Å². The fourth-order valence-corrected chi connectivity index (χ4v) is 1.55. The molecule has 0 radical (unpaired) electrons. The van der Waals surface area contributed by atoms with Gasteiger partial charge in [-0.15, -0.1) is 0 Å². The first-order chi connectivity index (χ1) is 6.65. The largest absolute Gasteiger partial charge is 0.508 e. The number of phenolic OH excluding ortho intramolecular Hbond substituents is 1. The van der Waals surface area contributed by atoms with Crippen LogP contribution in [0.3, 0.4) is 0 Å². The third kappa shape index (κ3) is 2.74. The van der Waals surface area contributed by atoms with E-state index in [4.69, 9.17) is 5.11 Å². The number of hydrogen-bond acceptors (Lipinski definition) is 2. The van der Waals surface area contributed by atoms with Gasteiger partial charge in [-0.2, -0.15) is 0 Å². The van der Waals surface area contributed by atoms with E-state index in [1.807, 2.05) is 12.1 Å². The summed E-state index contributed by atoms with van der Waals surface area (Å²) < 4.78 is 0. The van der Waals surface area contributed by atoms with E-state index >= 15 is 0 Å². The monoisotopic (exact) mass is 193 g/mol. The van der Waals surface area contributed by atoms with Crippen LogP contribution in [0.5, 0.6) is 5.75 Å². The minimum atomic E-state index is 0.332. The van der Waals surface area contributed by atoms with Gasteiger partial charge in [0.2, 0.25) is 0 Å². The van der Waals surface area contributed by atoms with Crippen LogP contribution in [0.15, 0.2) is 24.3 Å². The molecule has 14 heavy (non-hydrogen) atoms. The summed E-state index contributed by atoms with van der Waals surface area (Å²) in [5, 5.41) is 9.17. The Morgan fingerprint density at radius 2 is 1.86 bits per heavy atom. The molecule has 1 aromatic carbocycles. The molecule has 2 heteroatoms. The molecule has 0 heterocycles. The zero-order chi connectivity index (χ0) is 10.6. The summed E-state index contributed by atoms with van der Waals surface area (Å²) in [5.74, 6) is 0.332. The predicted octanol–water partition coefficient (Wildman–Crippen LogP) is 2.80. The second-order valence-corrected chi connectivity index (χ2v) is 3.75. The van der Waals surface area contributed by atoms with Gasteiger partial charge in [0.25, 0.3) is 0 Å². The Balaban J connectivity index is 2.68. The molecule has 0 fully saturated rings. The van der Waals surface area contributed by atoms with Crippen LogP contribution >= 0.6 is 0 Å². The number of aromatic hydroxyl groups is 1. The van der Waals surface area contributed by atoms with Gasteiger partial charge >= 0.3 is 0 Å². The van der Waals surface area contributed by atoms with Crippen molar-refractivity contribution in [2.24, 2.45) is 0 Å². The van der Waals surface area contributed by atoms with Crippen molar-refractivity contribution in [3.8, 4) is 5.75 Å². The van der Waals surface area contributed by atoms with Crippen LogP contribution in [0.25, 0.3) is 0 Å². The number of hydrogen-bond donors (Lipinski definition) is 1. The van der Waals surface area contributed by atoms with Crippen molar-refractivity contribution in [3.63, 3.8) is 0 Å². The highest BCUT2D eigenvalue weighted by Gasteiger charge is 2.09. The van der Waals surface area contributed by atoms with Crippen molar-refractivity contribution in [3.05, 3.63) is 29.8 Å². The fraction of sp³-hybridized carbons (Fsp3) is 0.500. The van der Waals surface area contributed by atoms with E-state index in [0.717, 1.165) is 6.54 Å². The molecular formula is C12H19NO. The van der Waals surface area contributed by atoms with Gasteiger partial charge in [0.05, 0.1) is 0 Å². The molecule has 0 aliphatic carbocycles. The molecule has 0 aromatic heterocycles. The molecule has 1 aromatic rings. The zero-order valence-electron chi connectivity index (χ0n) is 9.20. The Labute approximate surface area is 86.2 Å². The molecule has 78 valence electrons. The lowest BCUT2D eigenvalue weighted by Crippen LogP contribution is -2.22. The predicted molar refractivity (Wildman–Crippen MR) is 59.4 cm³/mol. The van der Waals surface area contributed by atoms with Crippen LogP contribution in [-0.2, 0) is 0 Å². The summed E-state index contributed by atoms with van der Waals surface area (Å²) in [6.07, 6.45) is 1.17. The van der Waals surface area contributed by atoms with Gasteiger partial charge in [-0.05, 0) is 44.6 Å². The molecule has 0 bridgehead atoms. The minimum Gasteiger partial charge on any atom is -0.508 e. The summed E-state index contributed by atoms with van der Waals surface area (Å²) in [4.78, 5) is 2.31. The molecule has 0 saturated carbocycles. The molecule has 1 unspecified atom stereocenters. The first-order valence-corrected chi connectivity index (χ1v) is 5.14. The second kappa shape index (κ2) is 5.01. The van der Waals surface area contributed by atoms with E-state index in [0.29, 0.717) is 11.8 Å². The van der Waals surface area contributed by atoms with Gasteiger partial charge < -0.3 is 5.11 Å². The SMILES string of the molecule is CCCN(C)C(C)c1ccc(O)cc1. The molecule has 2 nitrogen and oxygen atoms in total. The molecule has 0 aliphatic rings. The summed E-state index contributed by atoms with van der Waals surface area (Å²) in [7, 11) is 2.13. The number of nitrogens with zero attached hydrogens (tertiary/aromatic N) is 1. The number of rotatable bonds is 4. The lowest BCUT2D eigenvalue weighted by Gasteiger charge is -2.24. The maximum atomic E-state index is 9.17. The van der Waals surface area contributed by atoms with Crippen molar-refractivity contribution in [2.75, 3.05) is 13.6 Å². The van der Waals surface area contributed by atoms with Gasteiger partial charge in [-0.1, -0.05) is 19.1 Å². The lowest BCUT2D eigenvalue weighted by molar-refractivity contribution is 0.262. The topological polar surface area (TPSA) is 23.5 Å². The molecule has 0 aliphatic heterocycles. The second-order valence-electron chi connectivity index (χ2n) is 3.75. The van der Waals surface area contributed by atoms with Crippen molar-refractivity contribution in [1.82, 2.24) is 4.90 Å². The van der Waals surface area contributed by atoms with E-state index < -0.39 is 0 Å². The number of phenols is 1. The van der Waals surface area contributed by atoms with E-state index in [2.05, 4.69) is 25.8 Å². The van der Waals surface area contributed by atoms with E-state index in [-0.39, 0.29) is 0 Å². The quantitative estimate of drug-likeness (QED) is 0.794. The Hall–Kier alpha value is -1.02. The highest BCUT2D eigenvalue weighted by atomic mass is 16.3. The first kappa shape index (κ1) is 11.1. The molecule has 1 atom stereocenters. The Morgan fingerprint density at radius 1 is 1.29 bits per heavy atom. The zero-order valence-corrected chi connectivity index (χ0v) is 9.20. The summed E-state index contributed by atoms with van der Waals surface area (Å²) in [6, 6.07) is 7.85. The first-order valence-electron chi connectivity index (χ1n) is 5.14. The average Bonchev–Trinajstić information content (AvgIpc) is 2.18. The van der Waals surface area contributed by atoms with Crippen LogP contribution in [-0.4, -0.2) is 23.6 Å². The molecular weight excluding hydrogens is 174 g/mol. The van der Waals surface area contributed by atoms with Gasteiger partial charge in [-0.3, -0.25) is 4.90 Å². The molecule has 0 amide bonds. The third-order valence-electron chi connectivity index (χ3n) is 2.61. The summed E-state index contributed by atoms with van der Waals surface area (Å²) in [5.41, 5.74) is 1.25. The van der Waals surface area contributed by atoms with Crippen LogP contribution < -0.4 is 0 Å².